The molecule has 2 aliphatic rings. The average molecular weight is 222 g/mol. The molecule has 5 nitrogen and oxygen atoms in total. The summed E-state index contributed by atoms with van der Waals surface area (Å²) in [4.78, 5) is 20.6. The number of aromatic amines is 1. The van der Waals surface area contributed by atoms with Crippen LogP contribution in [0, 0.1) is 0 Å². The van der Waals surface area contributed by atoms with Crippen LogP contribution in [0.3, 0.4) is 0 Å². The molecular weight excluding hydrogens is 212 g/mol. The van der Waals surface area contributed by atoms with Crippen molar-refractivity contribution in [2.45, 2.75) is 16.7 Å². The third kappa shape index (κ3) is 1.22. The van der Waals surface area contributed by atoms with Gasteiger partial charge in [0, 0.05) is 18.6 Å². The zero-order valence-corrected chi connectivity index (χ0v) is 8.65. The van der Waals surface area contributed by atoms with Crippen molar-refractivity contribution in [3.63, 3.8) is 0 Å². The highest BCUT2D eigenvalue weighted by molar-refractivity contribution is 8.00. The van der Waals surface area contributed by atoms with Crippen molar-refractivity contribution in [1.29, 1.82) is 0 Å². The lowest BCUT2D eigenvalue weighted by molar-refractivity contribution is -0.141. The van der Waals surface area contributed by atoms with Gasteiger partial charge in [-0.05, 0) is 6.08 Å². The number of aromatic nitrogens is 2. The Labute approximate surface area is 90.7 Å². The molecule has 0 radical (unpaired) electrons. The van der Waals surface area contributed by atoms with E-state index in [1.807, 2.05) is 6.08 Å². The van der Waals surface area contributed by atoms with E-state index in [0.29, 0.717) is 0 Å². The number of fused-ring (bicyclic) bond motifs is 1. The predicted octanol–water partition coefficient (Wildman–Crippen LogP) is 0.207. The van der Waals surface area contributed by atoms with Gasteiger partial charge in [0.1, 0.15) is 17.1 Å². The third-order valence-electron chi connectivity index (χ3n) is 2.63. The van der Waals surface area contributed by atoms with Crippen molar-refractivity contribution in [3.05, 3.63) is 30.5 Å². The standard InChI is InChI=1S/C9H10N4OS/c10-5-1-4-13-8(14)6(9(13)15-5)7-11-2-3-12-7/h1-6,9H,10H2,(H,11,12)/t5?,6?,9-/m1/s1. The number of imidazole rings is 1. The van der Waals surface area contributed by atoms with Gasteiger partial charge < -0.3 is 15.6 Å². The summed E-state index contributed by atoms with van der Waals surface area (Å²) < 4.78 is 0. The highest BCUT2D eigenvalue weighted by Gasteiger charge is 2.50. The molecule has 0 bridgehead atoms. The Bertz CT molecular complexity index is 416. The Morgan fingerprint density at radius 1 is 1.60 bits per heavy atom. The maximum absolute atomic E-state index is 11.8. The number of amides is 1. The minimum atomic E-state index is -0.166. The molecule has 1 saturated heterocycles. The minimum Gasteiger partial charge on any atom is -0.348 e. The van der Waals surface area contributed by atoms with Gasteiger partial charge in [0.25, 0.3) is 0 Å². The van der Waals surface area contributed by atoms with Crippen molar-refractivity contribution >= 4 is 17.7 Å². The Morgan fingerprint density at radius 2 is 2.47 bits per heavy atom. The summed E-state index contributed by atoms with van der Waals surface area (Å²) >= 11 is 1.58. The highest BCUT2D eigenvalue weighted by Crippen LogP contribution is 2.44. The molecule has 1 amide bonds. The molecule has 2 aliphatic heterocycles. The Hall–Kier alpha value is -1.27. The molecule has 3 atom stereocenters. The molecular formula is C9H10N4OS. The van der Waals surface area contributed by atoms with Gasteiger partial charge in [-0.1, -0.05) is 0 Å². The van der Waals surface area contributed by atoms with Gasteiger partial charge in [-0.2, -0.15) is 0 Å². The molecule has 1 aromatic rings. The average Bonchev–Trinajstić information content (AvgIpc) is 2.70. The summed E-state index contributed by atoms with van der Waals surface area (Å²) in [6.07, 6.45) is 6.99. The van der Waals surface area contributed by atoms with Gasteiger partial charge in [-0.15, -0.1) is 11.8 Å². The zero-order valence-electron chi connectivity index (χ0n) is 7.83. The van der Waals surface area contributed by atoms with Crippen molar-refractivity contribution in [2.75, 3.05) is 0 Å². The van der Waals surface area contributed by atoms with Crippen molar-refractivity contribution < 1.29 is 4.79 Å². The number of thioether (sulfide) groups is 1. The summed E-state index contributed by atoms with van der Waals surface area (Å²) in [5.41, 5.74) is 5.79. The molecule has 0 aliphatic carbocycles. The molecule has 1 aromatic heterocycles. The van der Waals surface area contributed by atoms with Crippen LogP contribution in [0.4, 0.5) is 0 Å². The second-order valence-corrected chi connectivity index (χ2v) is 4.83. The minimum absolute atomic E-state index is 0.0307. The van der Waals surface area contributed by atoms with Crippen molar-refractivity contribution in [2.24, 2.45) is 5.73 Å². The van der Waals surface area contributed by atoms with Gasteiger partial charge >= 0.3 is 0 Å². The molecule has 15 heavy (non-hydrogen) atoms. The lowest BCUT2D eigenvalue weighted by Gasteiger charge is -2.46. The van der Waals surface area contributed by atoms with E-state index in [2.05, 4.69) is 9.97 Å². The van der Waals surface area contributed by atoms with Crippen LogP contribution in [0.2, 0.25) is 0 Å². The van der Waals surface area contributed by atoms with E-state index in [0.717, 1.165) is 5.82 Å². The van der Waals surface area contributed by atoms with E-state index in [4.69, 9.17) is 5.73 Å². The normalized spacial score (nSPS) is 33.8. The van der Waals surface area contributed by atoms with E-state index < -0.39 is 0 Å². The molecule has 3 rings (SSSR count). The summed E-state index contributed by atoms with van der Waals surface area (Å²) in [5.74, 6) is 0.655. The molecule has 2 unspecified atom stereocenters. The first-order valence-electron chi connectivity index (χ1n) is 4.68. The van der Waals surface area contributed by atoms with E-state index in [1.165, 1.54) is 0 Å². The number of rotatable bonds is 1. The Kier molecular flexibility index (Phi) is 1.86. The molecule has 1 fully saturated rings. The van der Waals surface area contributed by atoms with Crippen LogP contribution in [0.25, 0.3) is 0 Å². The Morgan fingerprint density at radius 3 is 3.20 bits per heavy atom. The van der Waals surface area contributed by atoms with Crippen LogP contribution in [-0.4, -0.2) is 31.5 Å². The van der Waals surface area contributed by atoms with Gasteiger partial charge in [0.2, 0.25) is 5.91 Å². The summed E-state index contributed by atoms with van der Waals surface area (Å²) in [7, 11) is 0. The smallest absolute Gasteiger partial charge is 0.241 e. The van der Waals surface area contributed by atoms with Gasteiger partial charge in [-0.3, -0.25) is 4.79 Å². The summed E-state index contributed by atoms with van der Waals surface area (Å²) in [6.45, 7) is 0. The fraction of sp³-hybridized carbons (Fsp3) is 0.333. The van der Waals surface area contributed by atoms with E-state index >= 15 is 0 Å². The predicted molar refractivity (Wildman–Crippen MR) is 56.7 cm³/mol. The van der Waals surface area contributed by atoms with E-state index in [9.17, 15) is 4.79 Å². The number of carbonyl (C=O) groups is 1. The first-order valence-corrected chi connectivity index (χ1v) is 5.62. The topological polar surface area (TPSA) is 75.0 Å². The van der Waals surface area contributed by atoms with Gasteiger partial charge in [0.15, 0.2) is 0 Å². The number of carbonyl (C=O) groups excluding carboxylic acids is 1. The number of nitrogens with two attached hydrogens (primary N) is 1. The summed E-state index contributed by atoms with van der Waals surface area (Å²) in [6, 6.07) is 0. The number of H-pyrrole nitrogens is 1. The van der Waals surface area contributed by atoms with Crippen LogP contribution < -0.4 is 5.73 Å². The molecule has 0 spiro atoms. The summed E-state index contributed by atoms with van der Waals surface area (Å²) in [5, 5.41) is 0.0699. The molecule has 6 heteroatoms. The molecule has 0 saturated carbocycles. The first kappa shape index (κ1) is 8.99. The fourth-order valence-electron chi connectivity index (χ4n) is 1.87. The zero-order chi connectivity index (χ0) is 10.4. The SMILES string of the molecule is NC1C=CN2C(=O)C(c3ncc[nH]3)[C@H]2S1. The van der Waals surface area contributed by atoms with Crippen LogP contribution in [-0.2, 0) is 4.79 Å². The maximum Gasteiger partial charge on any atom is 0.241 e. The van der Waals surface area contributed by atoms with E-state index in [-0.39, 0.29) is 22.6 Å². The fourth-order valence-corrected chi connectivity index (χ4v) is 3.06. The molecule has 0 aromatic carbocycles. The second-order valence-electron chi connectivity index (χ2n) is 3.53. The van der Waals surface area contributed by atoms with Gasteiger partial charge in [0.05, 0.1) is 5.37 Å². The largest absolute Gasteiger partial charge is 0.348 e. The van der Waals surface area contributed by atoms with Gasteiger partial charge in [-0.25, -0.2) is 4.98 Å². The quantitative estimate of drug-likeness (QED) is 0.666. The Balaban J connectivity index is 1.89. The maximum atomic E-state index is 11.8. The van der Waals surface area contributed by atoms with Crippen LogP contribution in [0.5, 0.6) is 0 Å². The molecule has 3 heterocycles. The number of β-lactam (4-membered cyclic amide) rings is 1. The molecule has 78 valence electrons. The third-order valence-corrected chi connectivity index (χ3v) is 3.88. The van der Waals surface area contributed by atoms with Crippen LogP contribution >= 0.6 is 11.8 Å². The van der Waals surface area contributed by atoms with Crippen molar-refractivity contribution in [1.82, 2.24) is 14.9 Å². The monoisotopic (exact) mass is 222 g/mol. The lowest BCUT2D eigenvalue weighted by Crippen LogP contribution is -2.57. The lowest BCUT2D eigenvalue weighted by atomic mass is 9.98. The van der Waals surface area contributed by atoms with Crippen LogP contribution in [0.1, 0.15) is 11.7 Å². The highest BCUT2D eigenvalue weighted by atomic mass is 32.2. The first-order chi connectivity index (χ1) is 7.27. The van der Waals surface area contributed by atoms with Crippen LogP contribution in [0.15, 0.2) is 24.7 Å². The number of nitrogens with one attached hydrogen (secondary N) is 1. The molecule has 3 N–H and O–H groups in total. The number of nitrogens with zero attached hydrogens (tertiary/aromatic N) is 2. The number of hydrogen-bond donors (Lipinski definition) is 2. The number of hydrogen-bond acceptors (Lipinski definition) is 4. The van der Waals surface area contributed by atoms with E-state index in [1.54, 1.807) is 35.3 Å². The second kappa shape index (κ2) is 3.11. The van der Waals surface area contributed by atoms with Crippen molar-refractivity contribution in [3.8, 4) is 0 Å².